The molecular weight excluding hydrogens is 260 g/mol. The van der Waals surface area contributed by atoms with Crippen LogP contribution in [0.5, 0.6) is 0 Å². The van der Waals surface area contributed by atoms with Crippen molar-refractivity contribution in [2.45, 2.75) is 12.8 Å². The van der Waals surface area contributed by atoms with Gasteiger partial charge in [0.05, 0.1) is 6.61 Å². The van der Waals surface area contributed by atoms with E-state index >= 15 is 0 Å². The summed E-state index contributed by atoms with van der Waals surface area (Å²) in [6, 6.07) is 5.63. The molecule has 0 unspecified atom stereocenters. The number of hydrogen-bond acceptors (Lipinski definition) is 4. The number of carbonyl (C=O) groups excluding carboxylic acids is 1. The van der Waals surface area contributed by atoms with Gasteiger partial charge in [-0.25, -0.2) is 4.79 Å². The summed E-state index contributed by atoms with van der Waals surface area (Å²) in [7, 11) is 0. The molecule has 0 spiro atoms. The monoisotopic (exact) mass is 278 g/mol. The lowest BCUT2D eigenvalue weighted by Crippen LogP contribution is -2.29. The van der Waals surface area contributed by atoms with Crippen LogP contribution in [0.1, 0.15) is 22.3 Å². The van der Waals surface area contributed by atoms with Crippen LogP contribution in [-0.2, 0) is 16.0 Å². The van der Waals surface area contributed by atoms with E-state index in [1.54, 1.807) is 6.07 Å². The molecule has 20 heavy (non-hydrogen) atoms. The summed E-state index contributed by atoms with van der Waals surface area (Å²) in [6.45, 7) is 1.07. The number of aliphatic carboxylic acids is 1. The van der Waals surface area contributed by atoms with Crippen LogP contribution in [0.25, 0.3) is 0 Å². The van der Waals surface area contributed by atoms with Crippen molar-refractivity contribution in [3.05, 3.63) is 29.3 Å². The number of carboxylic acid groups (broad SMARTS) is 1. The van der Waals surface area contributed by atoms with E-state index in [4.69, 9.17) is 9.84 Å². The molecule has 1 heterocycles. The van der Waals surface area contributed by atoms with Crippen molar-refractivity contribution in [2.75, 3.05) is 31.6 Å². The van der Waals surface area contributed by atoms with Crippen LogP contribution in [-0.4, -0.2) is 43.3 Å². The van der Waals surface area contributed by atoms with Gasteiger partial charge >= 0.3 is 5.97 Å². The van der Waals surface area contributed by atoms with Gasteiger partial charge in [0.1, 0.15) is 6.61 Å². The number of amides is 1. The number of fused-ring (bicyclic) bond motifs is 1. The van der Waals surface area contributed by atoms with Crippen LogP contribution in [0.2, 0.25) is 0 Å². The first-order valence-corrected chi connectivity index (χ1v) is 6.62. The Labute approximate surface area is 117 Å². The molecule has 1 aliphatic rings. The van der Waals surface area contributed by atoms with Gasteiger partial charge < -0.3 is 20.5 Å². The summed E-state index contributed by atoms with van der Waals surface area (Å²) >= 11 is 0. The van der Waals surface area contributed by atoms with Gasteiger partial charge in [-0.3, -0.25) is 4.79 Å². The van der Waals surface area contributed by atoms with Gasteiger partial charge in [-0.15, -0.1) is 0 Å². The van der Waals surface area contributed by atoms with Crippen LogP contribution in [0.3, 0.4) is 0 Å². The Hall–Kier alpha value is -2.08. The second kappa shape index (κ2) is 6.91. The Morgan fingerprint density at radius 3 is 3.05 bits per heavy atom. The molecule has 0 saturated carbocycles. The van der Waals surface area contributed by atoms with Crippen molar-refractivity contribution in [3.63, 3.8) is 0 Å². The van der Waals surface area contributed by atoms with E-state index in [1.807, 2.05) is 12.1 Å². The Morgan fingerprint density at radius 1 is 1.40 bits per heavy atom. The molecule has 0 atom stereocenters. The molecule has 6 nitrogen and oxygen atoms in total. The standard InChI is InChI=1S/C14H18N2O4/c17-13(18)9-20-8-7-16-14(19)11-3-1-5-12-10(11)4-2-6-15-12/h1,3,5,15H,2,4,6-9H2,(H,16,19)(H,17,18). The molecule has 1 aromatic carbocycles. The average Bonchev–Trinajstić information content (AvgIpc) is 2.45. The van der Waals surface area contributed by atoms with E-state index in [2.05, 4.69) is 10.6 Å². The van der Waals surface area contributed by atoms with Crippen molar-refractivity contribution in [1.29, 1.82) is 0 Å². The minimum atomic E-state index is -1.01. The molecule has 2 rings (SSSR count). The first kappa shape index (κ1) is 14.3. The van der Waals surface area contributed by atoms with E-state index < -0.39 is 5.97 Å². The number of carbonyl (C=O) groups is 2. The zero-order chi connectivity index (χ0) is 14.4. The molecule has 6 heteroatoms. The van der Waals surface area contributed by atoms with Crippen molar-refractivity contribution in [1.82, 2.24) is 5.32 Å². The minimum Gasteiger partial charge on any atom is -0.480 e. The summed E-state index contributed by atoms with van der Waals surface area (Å²) < 4.78 is 4.87. The SMILES string of the molecule is O=C(O)COCCNC(=O)c1cccc2c1CCCN2. The summed E-state index contributed by atoms with van der Waals surface area (Å²) in [5.74, 6) is -1.16. The second-order valence-electron chi connectivity index (χ2n) is 4.56. The van der Waals surface area contributed by atoms with Crippen LogP contribution >= 0.6 is 0 Å². The number of rotatable bonds is 6. The summed E-state index contributed by atoms with van der Waals surface area (Å²) in [5, 5.41) is 14.4. The molecule has 3 N–H and O–H groups in total. The van der Waals surface area contributed by atoms with Gasteiger partial charge in [-0.2, -0.15) is 0 Å². The Kier molecular flexibility index (Phi) is 4.95. The molecule has 0 aromatic heterocycles. The maximum absolute atomic E-state index is 12.1. The first-order valence-electron chi connectivity index (χ1n) is 6.62. The van der Waals surface area contributed by atoms with Gasteiger partial charge in [0, 0.05) is 24.3 Å². The highest BCUT2D eigenvalue weighted by Gasteiger charge is 2.16. The quantitative estimate of drug-likeness (QED) is 0.672. The van der Waals surface area contributed by atoms with Crippen molar-refractivity contribution in [3.8, 4) is 0 Å². The van der Waals surface area contributed by atoms with Gasteiger partial charge in [0.15, 0.2) is 0 Å². The smallest absolute Gasteiger partial charge is 0.329 e. The normalized spacial score (nSPS) is 13.2. The zero-order valence-corrected chi connectivity index (χ0v) is 11.1. The highest BCUT2D eigenvalue weighted by Crippen LogP contribution is 2.25. The highest BCUT2D eigenvalue weighted by atomic mass is 16.5. The second-order valence-corrected chi connectivity index (χ2v) is 4.56. The van der Waals surface area contributed by atoms with Crippen molar-refractivity contribution < 1.29 is 19.4 Å². The number of benzene rings is 1. The Morgan fingerprint density at radius 2 is 2.25 bits per heavy atom. The topological polar surface area (TPSA) is 87.7 Å². The van der Waals surface area contributed by atoms with Crippen LogP contribution in [0.4, 0.5) is 5.69 Å². The molecule has 1 aliphatic heterocycles. The highest BCUT2D eigenvalue weighted by molar-refractivity contribution is 5.97. The fourth-order valence-corrected chi connectivity index (χ4v) is 2.21. The number of anilines is 1. The van der Waals surface area contributed by atoms with Crippen LogP contribution in [0, 0.1) is 0 Å². The molecule has 0 bridgehead atoms. The zero-order valence-electron chi connectivity index (χ0n) is 11.1. The average molecular weight is 278 g/mol. The number of carboxylic acids is 1. The number of hydrogen-bond donors (Lipinski definition) is 3. The third kappa shape index (κ3) is 3.71. The maximum atomic E-state index is 12.1. The van der Waals surface area contributed by atoms with E-state index in [1.165, 1.54) is 0 Å². The minimum absolute atomic E-state index is 0.149. The third-order valence-electron chi connectivity index (χ3n) is 3.10. The Bertz CT molecular complexity index is 502. The first-order chi connectivity index (χ1) is 9.68. The van der Waals surface area contributed by atoms with Gasteiger partial charge in [-0.05, 0) is 30.5 Å². The molecule has 0 aliphatic carbocycles. The Balaban J connectivity index is 1.88. The third-order valence-corrected chi connectivity index (χ3v) is 3.10. The van der Waals surface area contributed by atoms with E-state index in [-0.39, 0.29) is 19.1 Å². The lowest BCUT2D eigenvalue weighted by Gasteiger charge is -2.20. The van der Waals surface area contributed by atoms with Crippen molar-refractivity contribution >= 4 is 17.6 Å². The molecule has 0 saturated heterocycles. The summed E-state index contributed by atoms with van der Waals surface area (Å²) in [5.41, 5.74) is 2.74. The van der Waals surface area contributed by atoms with Gasteiger partial charge in [-0.1, -0.05) is 6.07 Å². The fraction of sp³-hybridized carbons (Fsp3) is 0.429. The molecule has 1 aromatic rings. The van der Waals surface area contributed by atoms with Crippen molar-refractivity contribution in [2.24, 2.45) is 0 Å². The van der Waals surface area contributed by atoms with E-state index in [9.17, 15) is 9.59 Å². The molecule has 0 fully saturated rings. The summed E-state index contributed by atoms with van der Waals surface area (Å²) in [4.78, 5) is 22.4. The number of ether oxygens (including phenoxy) is 1. The van der Waals surface area contributed by atoms with Crippen LogP contribution in [0.15, 0.2) is 18.2 Å². The maximum Gasteiger partial charge on any atom is 0.329 e. The predicted octanol–water partition coefficient (Wildman–Crippen LogP) is 0.876. The molecule has 0 radical (unpaired) electrons. The number of nitrogens with one attached hydrogen (secondary N) is 2. The lowest BCUT2D eigenvalue weighted by molar-refractivity contribution is -0.142. The molecule has 1 amide bonds. The van der Waals surface area contributed by atoms with E-state index in [0.29, 0.717) is 12.1 Å². The van der Waals surface area contributed by atoms with Gasteiger partial charge in [0.2, 0.25) is 0 Å². The van der Waals surface area contributed by atoms with E-state index in [0.717, 1.165) is 30.6 Å². The van der Waals surface area contributed by atoms with Crippen LogP contribution < -0.4 is 10.6 Å². The lowest BCUT2D eigenvalue weighted by atomic mass is 9.97. The predicted molar refractivity (Wildman–Crippen MR) is 74.0 cm³/mol. The summed E-state index contributed by atoms with van der Waals surface area (Å²) in [6.07, 6.45) is 1.90. The molecule has 108 valence electrons. The fourth-order valence-electron chi connectivity index (χ4n) is 2.21. The molecular formula is C14H18N2O4. The largest absolute Gasteiger partial charge is 0.480 e. The van der Waals surface area contributed by atoms with Gasteiger partial charge in [0.25, 0.3) is 5.91 Å².